The van der Waals surface area contributed by atoms with Crippen LogP contribution in [0.5, 0.6) is 0 Å². The molecule has 5 heteroatoms. The summed E-state index contributed by atoms with van der Waals surface area (Å²) in [5.41, 5.74) is 1.24. The third-order valence-corrected chi connectivity index (χ3v) is 4.90. The predicted octanol–water partition coefficient (Wildman–Crippen LogP) is 2.76. The molecule has 2 aromatic rings. The first-order valence-electron chi connectivity index (χ1n) is 8.51. The van der Waals surface area contributed by atoms with Crippen LogP contribution in [0.3, 0.4) is 0 Å². The van der Waals surface area contributed by atoms with Gasteiger partial charge in [-0.1, -0.05) is 6.07 Å². The van der Waals surface area contributed by atoms with Crippen LogP contribution in [0.15, 0.2) is 47.3 Å². The Morgan fingerprint density at radius 2 is 2.29 bits per heavy atom. The molecule has 2 aromatic heterocycles. The summed E-state index contributed by atoms with van der Waals surface area (Å²) < 4.78 is 5.30. The normalized spacial score (nSPS) is 21.1. The zero-order valence-electron chi connectivity index (χ0n) is 14.4. The molecule has 1 fully saturated rings. The molecule has 24 heavy (non-hydrogen) atoms. The van der Waals surface area contributed by atoms with E-state index in [1.54, 1.807) is 12.5 Å². The number of rotatable bonds is 6. The molecule has 0 aromatic carbocycles. The first-order valence-corrected chi connectivity index (χ1v) is 8.51. The summed E-state index contributed by atoms with van der Waals surface area (Å²) in [4.78, 5) is 20.9. The number of nitrogens with zero attached hydrogens (tertiary/aromatic N) is 3. The molecule has 0 bridgehead atoms. The number of carbonyl (C=O) groups is 1. The van der Waals surface area contributed by atoms with Gasteiger partial charge in [0.25, 0.3) is 0 Å². The molecule has 5 nitrogen and oxygen atoms in total. The predicted molar refractivity (Wildman–Crippen MR) is 92.4 cm³/mol. The number of aromatic nitrogens is 1. The Morgan fingerprint density at radius 1 is 1.42 bits per heavy atom. The molecule has 1 aliphatic rings. The van der Waals surface area contributed by atoms with Gasteiger partial charge in [0.1, 0.15) is 5.76 Å². The number of aryl methyl sites for hydroxylation is 1. The number of hydrogen-bond donors (Lipinski definition) is 0. The minimum Gasteiger partial charge on any atom is -0.469 e. The van der Waals surface area contributed by atoms with Crippen molar-refractivity contribution in [2.75, 3.05) is 27.2 Å². The van der Waals surface area contributed by atoms with Gasteiger partial charge in [-0.3, -0.25) is 14.7 Å². The van der Waals surface area contributed by atoms with Crippen LogP contribution in [0.2, 0.25) is 0 Å². The van der Waals surface area contributed by atoms with Crippen molar-refractivity contribution in [2.24, 2.45) is 5.92 Å². The fourth-order valence-electron chi connectivity index (χ4n) is 3.62. The molecule has 3 heterocycles. The lowest BCUT2D eigenvalue weighted by atomic mass is 9.94. The summed E-state index contributed by atoms with van der Waals surface area (Å²) in [5.74, 6) is 1.48. The number of furan rings is 1. The minimum atomic E-state index is 0.172. The van der Waals surface area contributed by atoms with Crippen LogP contribution in [0.1, 0.15) is 30.2 Å². The van der Waals surface area contributed by atoms with Crippen molar-refractivity contribution < 1.29 is 9.21 Å². The van der Waals surface area contributed by atoms with E-state index in [4.69, 9.17) is 4.42 Å². The summed E-state index contributed by atoms with van der Waals surface area (Å²) in [5, 5.41) is 0. The molecule has 2 atom stereocenters. The van der Waals surface area contributed by atoms with Crippen molar-refractivity contribution in [3.05, 3.63) is 54.2 Å². The molecular formula is C19H25N3O2. The summed E-state index contributed by atoms with van der Waals surface area (Å²) >= 11 is 0. The van der Waals surface area contributed by atoms with Crippen molar-refractivity contribution in [3.63, 3.8) is 0 Å². The second-order valence-electron chi connectivity index (χ2n) is 6.61. The van der Waals surface area contributed by atoms with Gasteiger partial charge in [0.2, 0.25) is 5.91 Å². The zero-order chi connectivity index (χ0) is 16.9. The second kappa shape index (κ2) is 7.62. The summed E-state index contributed by atoms with van der Waals surface area (Å²) in [7, 11) is 4.06. The molecule has 0 aliphatic carbocycles. The number of carbonyl (C=O) groups excluding carboxylic acids is 1. The standard InChI is InChI=1S/C19H25N3O2/c1-21-11-9-16(19(21)15-5-3-10-20-13-15)14-22(2)18(23)8-7-17-6-4-12-24-17/h3-6,10,12-13,16,19H,7-9,11,14H2,1-2H3/t16-,19-/m0/s1. The fourth-order valence-corrected chi connectivity index (χ4v) is 3.62. The van der Waals surface area contributed by atoms with Crippen LogP contribution in [0.25, 0.3) is 0 Å². The Labute approximate surface area is 143 Å². The van der Waals surface area contributed by atoms with Gasteiger partial charge in [0.05, 0.1) is 6.26 Å². The monoisotopic (exact) mass is 327 g/mol. The quantitative estimate of drug-likeness (QED) is 0.818. The second-order valence-corrected chi connectivity index (χ2v) is 6.61. The third kappa shape index (κ3) is 3.85. The summed E-state index contributed by atoms with van der Waals surface area (Å²) in [6, 6.07) is 8.22. The van der Waals surface area contributed by atoms with Crippen LogP contribution < -0.4 is 0 Å². The van der Waals surface area contributed by atoms with E-state index >= 15 is 0 Å². The van der Waals surface area contributed by atoms with Crippen molar-refractivity contribution in [3.8, 4) is 0 Å². The Kier molecular flexibility index (Phi) is 5.30. The summed E-state index contributed by atoms with van der Waals surface area (Å²) in [6.07, 6.45) is 7.65. The van der Waals surface area contributed by atoms with Gasteiger partial charge >= 0.3 is 0 Å². The molecule has 0 saturated carbocycles. The van der Waals surface area contributed by atoms with Crippen molar-refractivity contribution in [2.45, 2.75) is 25.3 Å². The Balaban J connectivity index is 1.58. The maximum atomic E-state index is 12.4. The van der Waals surface area contributed by atoms with Crippen LogP contribution in [-0.2, 0) is 11.2 Å². The van der Waals surface area contributed by atoms with Gasteiger partial charge in [-0.05, 0) is 49.7 Å². The molecule has 0 N–H and O–H groups in total. The van der Waals surface area contributed by atoms with Crippen LogP contribution in [0.4, 0.5) is 0 Å². The lowest BCUT2D eigenvalue weighted by Crippen LogP contribution is -2.34. The van der Waals surface area contributed by atoms with Gasteiger partial charge in [0.15, 0.2) is 0 Å². The fraction of sp³-hybridized carbons (Fsp3) is 0.474. The Bertz CT molecular complexity index is 642. The van der Waals surface area contributed by atoms with E-state index in [2.05, 4.69) is 23.0 Å². The van der Waals surface area contributed by atoms with E-state index in [0.29, 0.717) is 24.8 Å². The lowest BCUT2D eigenvalue weighted by molar-refractivity contribution is -0.130. The third-order valence-electron chi connectivity index (χ3n) is 4.90. The van der Waals surface area contributed by atoms with E-state index in [-0.39, 0.29) is 5.91 Å². The maximum absolute atomic E-state index is 12.4. The van der Waals surface area contributed by atoms with E-state index in [0.717, 1.165) is 25.3 Å². The highest BCUT2D eigenvalue weighted by Gasteiger charge is 2.34. The van der Waals surface area contributed by atoms with Crippen LogP contribution in [-0.4, -0.2) is 47.9 Å². The SMILES string of the molecule is CN(C[C@@H]1CCN(C)[C@H]1c1cccnc1)C(=O)CCc1ccco1. The minimum absolute atomic E-state index is 0.172. The molecule has 0 unspecified atom stereocenters. The van der Waals surface area contributed by atoms with E-state index < -0.39 is 0 Å². The van der Waals surface area contributed by atoms with Gasteiger partial charge < -0.3 is 9.32 Å². The van der Waals surface area contributed by atoms with Crippen molar-refractivity contribution >= 4 is 5.91 Å². The Morgan fingerprint density at radius 3 is 3.00 bits per heavy atom. The number of hydrogen-bond acceptors (Lipinski definition) is 4. The van der Waals surface area contributed by atoms with Crippen LogP contribution >= 0.6 is 0 Å². The molecule has 128 valence electrons. The van der Waals surface area contributed by atoms with Gasteiger partial charge in [-0.15, -0.1) is 0 Å². The average Bonchev–Trinajstić information content (AvgIpc) is 3.23. The summed E-state index contributed by atoms with van der Waals surface area (Å²) in [6.45, 7) is 1.83. The lowest BCUT2D eigenvalue weighted by Gasteiger charge is -2.28. The van der Waals surface area contributed by atoms with E-state index in [1.807, 2.05) is 36.3 Å². The van der Waals surface area contributed by atoms with Gasteiger partial charge in [0, 0.05) is 44.9 Å². The highest BCUT2D eigenvalue weighted by atomic mass is 16.3. The van der Waals surface area contributed by atoms with E-state index in [1.165, 1.54) is 5.56 Å². The van der Waals surface area contributed by atoms with Crippen LogP contribution in [0, 0.1) is 5.92 Å². The molecule has 0 radical (unpaired) electrons. The van der Waals surface area contributed by atoms with E-state index in [9.17, 15) is 4.79 Å². The number of amides is 1. The smallest absolute Gasteiger partial charge is 0.222 e. The van der Waals surface area contributed by atoms with Gasteiger partial charge in [-0.25, -0.2) is 0 Å². The largest absolute Gasteiger partial charge is 0.469 e. The molecule has 1 amide bonds. The average molecular weight is 327 g/mol. The number of pyridine rings is 1. The highest BCUT2D eigenvalue weighted by Crippen LogP contribution is 2.36. The topological polar surface area (TPSA) is 49.6 Å². The maximum Gasteiger partial charge on any atom is 0.222 e. The molecule has 1 aliphatic heterocycles. The molecule has 1 saturated heterocycles. The van der Waals surface area contributed by atoms with Crippen molar-refractivity contribution in [1.29, 1.82) is 0 Å². The van der Waals surface area contributed by atoms with Crippen molar-refractivity contribution in [1.82, 2.24) is 14.8 Å². The first-order chi connectivity index (χ1) is 11.6. The van der Waals surface area contributed by atoms with Gasteiger partial charge in [-0.2, -0.15) is 0 Å². The number of likely N-dealkylation sites (tertiary alicyclic amines) is 1. The molecule has 3 rings (SSSR count). The first kappa shape index (κ1) is 16.7. The molecule has 0 spiro atoms. The Hall–Kier alpha value is -2.14. The zero-order valence-corrected chi connectivity index (χ0v) is 14.4. The molecular weight excluding hydrogens is 302 g/mol. The highest BCUT2D eigenvalue weighted by molar-refractivity contribution is 5.76.